The predicted molar refractivity (Wildman–Crippen MR) is 76.0 cm³/mol. The van der Waals surface area contributed by atoms with Crippen LogP contribution in [0.15, 0.2) is 47.1 Å². The van der Waals surface area contributed by atoms with E-state index in [1.807, 2.05) is 32.2 Å². The van der Waals surface area contributed by atoms with Gasteiger partial charge in [-0.2, -0.15) is 0 Å². The number of hydrogen-bond donors (Lipinski definition) is 1. The Bertz CT molecular complexity index is 751. The van der Waals surface area contributed by atoms with Crippen LogP contribution in [0.3, 0.4) is 0 Å². The van der Waals surface area contributed by atoms with Crippen LogP contribution in [0.2, 0.25) is 0 Å². The van der Waals surface area contributed by atoms with E-state index in [0.29, 0.717) is 11.3 Å². The molecule has 2 aromatic heterocycles. The van der Waals surface area contributed by atoms with E-state index in [9.17, 15) is 4.39 Å². The number of aryl methyl sites for hydroxylation is 1. The molecule has 3 rings (SSSR count). The van der Waals surface area contributed by atoms with E-state index in [1.165, 1.54) is 6.07 Å². The lowest BCUT2D eigenvalue weighted by molar-refractivity contribution is 0.476. The third-order valence-corrected chi connectivity index (χ3v) is 3.32. The smallest absolute Gasteiger partial charge is 0.169 e. The zero-order valence-corrected chi connectivity index (χ0v) is 11.4. The molecule has 0 saturated heterocycles. The summed E-state index contributed by atoms with van der Waals surface area (Å²) < 4.78 is 19.4. The Morgan fingerprint density at radius 3 is 2.80 bits per heavy atom. The maximum Gasteiger partial charge on any atom is 0.169 e. The SMILES string of the molecule is CNC(c1cncc(C)c1)c1cc2cccc(F)c2o1. The lowest BCUT2D eigenvalue weighted by Crippen LogP contribution is -2.17. The van der Waals surface area contributed by atoms with Gasteiger partial charge < -0.3 is 9.73 Å². The van der Waals surface area contributed by atoms with Crippen LogP contribution in [0.5, 0.6) is 0 Å². The predicted octanol–water partition coefficient (Wildman–Crippen LogP) is 3.58. The minimum atomic E-state index is -0.342. The number of benzene rings is 1. The summed E-state index contributed by atoms with van der Waals surface area (Å²) in [6, 6.07) is 8.68. The van der Waals surface area contributed by atoms with Crippen LogP contribution in [0.4, 0.5) is 4.39 Å². The molecule has 0 aliphatic heterocycles. The standard InChI is InChI=1S/C16H15FN2O/c1-10-6-12(9-19-8-10)15(18-2)14-7-11-4-3-5-13(17)16(11)20-14/h3-9,15,18H,1-2H3. The Kier molecular flexibility index (Phi) is 3.24. The van der Waals surface area contributed by atoms with Crippen LogP contribution in [0.25, 0.3) is 11.0 Å². The number of nitrogens with one attached hydrogen (secondary N) is 1. The van der Waals surface area contributed by atoms with E-state index in [2.05, 4.69) is 10.3 Å². The Hall–Kier alpha value is -2.20. The van der Waals surface area contributed by atoms with Gasteiger partial charge in [0.15, 0.2) is 11.4 Å². The molecule has 3 nitrogen and oxygen atoms in total. The molecule has 0 aliphatic carbocycles. The molecule has 0 spiro atoms. The summed E-state index contributed by atoms with van der Waals surface area (Å²) in [6.45, 7) is 1.99. The summed E-state index contributed by atoms with van der Waals surface area (Å²) in [7, 11) is 1.84. The van der Waals surface area contributed by atoms with Crippen molar-refractivity contribution in [2.75, 3.05) is 7.05 Å². The van der Waals surface area contributed by atoms with Crippen LogP contribution in [0.1, 0.15) is 22.9 Å². The minimum absolute atomic E-state index is 0.144. The molecule has 4 heteroatoms. The zero-order valence-electron chi connectivity index (χ0n) is 11.4. The van der Waals surface area contributed by atoms with Crippen molar-refractivity contribution >= 4 is 11.0 Å². The molecule has 0 radical (unpaired) electrons. The number of fused-ring (bicyclic) bond motifs is 1. The van der Waals surface area contributed by atoms with Crippen LogP contribution in [-0.2, 0) is 0 Å². The number of nitrogens with zero attached hydrogens (tertiary/aromatic N) is 1. The fourth-order valence-electron chi connectivity index (χ4n) is 2.40. The van der Waals surface area contributed by atoms with E-state index >= 15 is 0 Å². The van der Waals surface area contributed by atoms with E-state index < -0.39 is 0 Å². The Labute approximate surface area is 116 Å². The number of rotatable bonds is 3. The first-order chi connectivity index (χ1) is 9.69. The van der Waals surface area contributed by atoms with Gasteiger partial charge >= 0.3 is 0 Å². The van der Waals surface area contributed by atoms with Crippen LogP contribution in [0, 0.1) is 12.7 Å². The normalized spacial score (nSPS) is 12.8. The van der Waals surface area contributed by atoms with Crippen molar-refractivity contribution in [3.05, 3.63) is 65.4 Å². The summed E-state index contributed by atoms with van der Waals surface area (Å²) in [4.78, 5) is 4.19. The molecule has 0 fully saturated rings. The first kappa shape index (κ1) is 12.8. The second-order valence-electron chi connectivity index (χ2n) is 4.82. The molecule has 3 aromatic rings. The van der Waals surface area contributed by atoms with E-state index in [-0.39, 0.29) is 11.9 Å². The molecule has 1 N–H and O–H groups in total. The highest BCUT2D eigenvalue weighted by atomic mass is 19.1. The van der Waals surface area contributed by atoms with E-state index in [0.717, 1.165) is 16.5 Å². The lowest BCUT2D eigenvalue weighted by Gasteiger charge is -2.13. The van der Waals surface area contributed by atoms with E-state index in [1.54, 1.807) is 18.5 Å². The molecule has 1 unspecified atom stereocenters. The van der Waals surface area contributed by atoms with Crippen molar-refractivity contribution in [3.8, 4) is 0 Å². The van der Waals surface area contributed by atoms with Gasteiger partial charge in [0.05, 0.1) is 6.04 Å². The quantitative estimate of drug-likeness (QED) is 0.790. The summed E-state index contributed by atoms with van der Waals surface area (Å²) in [5, 5.41) is 3.95. The summed E-state index contributed by atoms with van der Waals surface area (Å²) in [6.07, 6.45) is 3.59. The molecule has 20 heavy (non-hydrogen) atoms. The summed E-state index contributed by atoms with van der Waals surface area (Å²) in [5.41, 5.74) is 2.36. The number of hydrogen-bond acceptors (Lipinski definition) is 3. The molecule has 1 aromatic carbocycles. The van der Waals surface area contributed by atoms with Crippen LogP contribution in [-0.4, -0.2) is 12.0 Å². The molecule has 0 amide bonds. The summed E-state index contributed by atoms with van der Waals surface area (Å²) >= 11 is 0. The highest BCUT2D eigenvalue weighted by molar-refractivity contribution is 5.78. The van der Waals surface area contributed by atoms with Gasteiger partial charge in [0.25, 0.3) is 0 Å². The van der Waals surface area contributed by atoms with Crippen molar-refractivity contribution < 1.29 is 8.81 Å². The average molecular weight is 270 g/mol. The fraction of sp³-hybridized carbons (Fsp3) is 0.188. The lowest BCUT2D eigenvalue weighted by atomic mass is 10.1. The molecule has 0 aliphatic rings. The number of pyridine rings is 1. The number of halogens is 1. The number of furan rings is 1. The Balaban J connectivity index is 2.09. The largest absolute Gasteiger partial charge is 0.456 e. The van der Waals surface area contributed by atoms with Gasteiger partial charge in [0.1, 0.15) is 5.76 Å². The second kappa shape index (κ2) is 5.06. The van der Waals surface area contributed by atoms with Crippen molar-refractivity contribution in [2.45, 2.75) is 13.0 Å². The molecule has 0 bridgehead atoms. The van der Waals surface area contributed by atoms with Crippen molar-refractivity contribution in [3.63, 3.8) is 0 Å². The second-order valence-corrected chi connectivity index (χ2v) is 4.82. The molecule has 102 valence electrons. The van der Waals surface area contributed by atoms with E-state index in [4.69, 9.17) is 4.42 Å². The van der Waals surface area contributed by atoms with Gasteiger partial charge in [0, 0.05) is 17.8 Å². The van der Waals surface area contributed by atoms with Crippen LogP contribution < -0.4 is 5.32 Å². The number of para-hydroxylation sites is 1. The molecule has 2 heterocycles. The fourth-order valence-corrected chi connectivity index (χ4v) is 2.40. The maximum absolute atomic E-state index is 13.7. The Morgan fingerprint density at radius 2 is 2.10 bits per heavy atom. The third-order valence-electron chi connectivity index (χ3n) is 3.32. The van der Waals surface area contributed by atoms with Crippen molar-refractivity contribution in [2.24, 2.45) is 0 Å². The monoisotopic (exact) mass is 270 g/mol. The van der Waals surface area contributed by atoms with Crippen LogP contribution >= 0.6 is 0 Å². The topological polar surface area (TPSA) is 38.1 Å². The first-order valence-corrected chi connectivity index (χ1v) is 6.46. The first-order valence-electron chi connectivity index (χ1n) is 6.46. The summed E-state index contributed by atoms with van der Waals surface area (Å²) in [5.74, 6) is 0.339. The minimum Gasteiger partial charge on any atom is -0.456 e. The van der Waals surface area contributed by atoms with Gasteiger partial charge in [-0.1, -0.05) is 18.2 Å². The maximum atomic E-state index is 13.7. The van der Waals surface area contributed by atoms with Gasteiger partial charge in [-0.05, 0) is 37.2 Å². The molecular formula is C16H15FN2O. The average Bonchev–Trinajstić information content (AvgIpc) is 2.85. The number of aromatic nitrogens is 1. The van der Waals surface area contributed by atoms with Gasteiger partial charge in [0.2, 0.25) is 0 Å². The van der Waals surface area contributed by atoms with Gasteiger partial charge in [-0.3, -0.25) is 4.98 Å². The van der Waals surface area contributed by atoms with Gasteiger partial charge in [-0.15, -0.1) is 0 Å². The Morgan fingerprint density at radius 1 is 1.25 bits per heavy atom. The third kappa shape index (κ3) is 2.18. The molecule has 0 saturated carbocycles. The zero-order chi connectivity index (χ0) is 14.1. The van der Waals surface area contributed by atoms with Gasteiger partial charge in [-0.25, -0.2) is 4.39 Å². The highest BCUT2D eigenvalue weighted by Crippen LogP contribution is 2.29. The molecule has 1 atom stereocenters. The van der Waals surface area contributed by atoms with Crippen molar-refractivity contribution in [1.82, 2.24) is 10.3 Å². The van der Waals surface area contributed by atoms with Crippen molar-refractivity contribution in [1.29, 1.82) is 0 Å². The highest BCUT2D eigenvalue weighted by Gasteiger charge is 2.18. The molecular weight excluding hydrogens is 255 g/mol.